The lowest BCUT2D eigenvalue weighted by Gasteiger charge is -2.18. The van der Waals surface area contributed by atoms with Crippen molar-refractivity contribution in [1.82, 2.24) is 5.32 Å². The van der Waals surface area contributed by atoms with E-state index in [-0.39, 0.29) is 18.5 Å². The molecule has 2 aromatic carbocycles. The number of carbonyl (C=O) groups is 1. The van der Waals surface area contributed by atoms with Crippen molar-refractivity contribution in [3.8, 4) is 6.07 Å². The van der Waals surface area contributed by atoms with Gasteiger partial charge in [-0.15, -0.1) is 11.3 Å². The van der Waals surface area contributed by atoms with Gasteiger partial charge in [0.25, 0.3) is 0 Å². The summed E-state index contributed by atoms with van der Waals surface area (Å²) in [5.41, 5.74) is 3.58. The van der Waals surface area contributed by atoms with Gasteiger partial charge in [0.15, 0.2) is 0 Å². The number of hydrogen-bond donors (Lipinski definition) is 2. The minimum absolute atomic E-state index is 0.0256. The van der Waals surface area contributed by atoms with Gasteiger partial charge in [-0.1, -0.05) is 35.9 Å². The van der Waals surface area contributed by atoms with Gasteiger partial charge in [-0.05, 0) is 48.2 Å². The van der Waals surface area contributed by atoms with Crippen LogP contribution in [0.4, 0.5) is 5.69 Å². The molecule has 5 heteroatoms. The minimum atomic E-state index is -0.122. The van der Waals surface area contributed by atoms with Gasteiger partial charge in [-0.2, -0.15) is 5.26 Å². The van der Waals surface area contributed by atoms with Crippen molar-refractivity contribution in [3.05, 3.63) is 87.6 Å². The van der Waals surface area contributed by atoms with Gasteiger partial charge >= 0.3 is 0 Å². The number of nitrogens with one attached hydrogen (secondary N) is 2. The highest BCUT2D eigenvalue weighted by atomic mass is 32.1. The normalized spacial score (nSPS) is 11.5. The van der Waals surface area contributed by atoms with E-state index in [4.69, 9.17) is 5.26 Å². The SMILES string of the molecule is Cc1ccc([C@H](NCC(=O)Nc2ccc(C#N)cc2)c2cccs2)cc1. The molecule has 1 heterocycles. The van der Waals surface area contributed by atoms with Gasteiger partial charge in [0.1, 0.15) is 0 Å². The van der Waals surface area contributed by atoms with Crippen LogP contribution in [-0.2, 0) is 4.79 Å². The number of amides is 1. The Bertz CT molecular complexity index is 894. The molecular weight excluding hydrogens is 342 g/mol. The predicted octanol–water partition coefficient (Wildman–Crippen LogP) is 4.25. The van der Waals surface area contributed by atoms with Gasteiger partial charge in [-0.25, -0.2) is 0 Å². The summed E-state index contributed by atoms with van der Waals surface area (Å²) in [5, 5.41) is 17.1. The molecule has 0 saturated heterocycles. The number of thiophene rings is 1. The highest BCUT2D eigenvalue weighted by Crippen LogP contribution is 2.26. The van der Waals surface area contributed by atoms with Crippen molar-refractivity contribution in [2.24, 2.45) is 0 Å². The van der Waals surface area contributed by atoms with E-state index in [9.17, 15) is 4.79 Å². The van der Waals surface area contributed by atoms with Crippen LogP contribution in [0.25, 0.3) is 0 Å². The number of hydrogen-bond acceptors (Lipinski definition) is 4. The van der Waals surface area contributed by atoms with Crippen molar-refractivity contribution >= 4 is 22.9 Å². The molecule has 1 aromatic heterocycles. The molecule has 0 spiro atoms. The van der Waals surface area contributed by atoms with E-state index in [1.54, 1.807) is 35.6 Å². The van der Waals surface area contributed by atoms with Crippen LogP contribution < -0.4 is 10.6 Å². The molecule has 0 unspecified atom stereocenters. The van der Waals surface area contributed by atoms with Gasteiger partial charge in [0.2, 0.25) is 5.91 Å². The molecule has 4 nitrogen and oxygen atoms in total. The zero-order chi connectivity index (χ0) is 18.4. The number of anilines is 1. The Kier molecular flexibility index (Phi) is 5.80. The van der Waals surface area contributed by atoms with E-state index in [2.05, 4.69) is 54.0 Å². The summed E-state index contributed by atoms with van der Waals surface area (Å²) < 4.78 is 0. The lowest BCUT2D eigenvalue weighted by Crippen LogP contribution is -2.31. The standard InChI is InChI=1S/C21H19N3OS/c1-15-4-8-17(9-5-15)21(19-3-2-12-26-19)23-14-20(25)24-18-10-6-16(13-22)7-11-18/h2-12,21,23H,14H2,1H3,(H,24,25)/t21-/m0/s1. The van der Waals surface area contributed by atoms with Crippen molar-refractivity contribution in [1.29, 1.82) is 5.26 Å². The molecule has 26 heavy (non-hydrogen) atoms. The second-order valence-electron chi connectivity index (χ2n) is 5.98. The summed E-state index contributed by atoms with van der Waals surface area (Å²) in [5.74, 6) is -0.122. The van der Waals surface area contributed by atoms with Crippen LogP contribution >= 0.6 is 11.3 Å². The lowest BCUT2D eigenvalue weighted by atomic mass is 10.0. The average Bonchev–Trinajstić information content (AvgIpc) is 3.18. The first kappa shape index (κ1) is 17.9. The maximum atomic E-state index is 12.3. The highest BCUT2D eigenvalue weighted by molar-refractivity contribution is 7.10. The maximum absolute atomic E-state index is 12.3. The Morgan fingerprint density at radius 3 is 2.46 bits per heavy atom. The van der Waals surface area contributed by atoms with Crippen LogP contribution in [0.2, 0.25) is 0 Å². The summed E-state index contributed by atoms with van der Waals surface area (Å²) in [6.07, 6.45) is 0. The van der Waals surface area contributed by atoms with Crippen molar-refractivity contribution in [2.45, 2.75) is 13.0 Å². The third kappa shape index (κ3) is 4.57. The number of nitriles is 1. The van der Waals surface area contributed by atoms with Crippen molar-refractivity contribution in [2.75, 3.05) is 11.9 Å². The molecule has 1 amide bonds. The van der Waals surface area contributed by atoms with Crippen molar-refractivity contribution in [3.63, 3.8) is 0 Å². The molecule has 1 atom stereocenters. The van der Waals surface area contributed by atoms with Crippen LogP contribution in [0.1, 0.15) is 27.6 Å². The number of benzene rings is 2. The zero-order valence-corrected chi connectivity index (χ0v) is 15.2. The van der Waals surface area contributed by atoms with E-state index in [1.807, 2.05) is 11.4 Å². The topological polar surface area (TPSA) is 64.9 Å². The van der Waals surface area contributed by atoms with E-state index in [0.717, 1.165) is 5.56 Å². The summed E-state index contributed by atoms with van der Waals surface area (Å²) in [7, 11) is 0. The summed E-state index contributed by atoms with van der Waals surface area (Å²) in [6.45, 7) is 2.25. The van der Waals surface area contributed by atoms with E-state index < -0.39 is 0 Å². The van der Waals surface area contributed by atoms with E-state index in [0.29, 0.717) is 11.3 Å². The summed E-state index contributed by atoms with van der Waals surface area (Å²) in [4.78, 5) is 13.5. The smallest absolute Gasteiger partial charge is 0.238 e. The molecule has 0 bridgehead atoms. The van der Waals surface area contributed by atoms with Gasteiger partial charge in [-0.3, -0.25) is 10.1 Å². The van der Waals surface area contributed by atoms with E-state index >= 15 is 0 Å². The first-order chi connectivity index (χ1) is 12.7. The second-order valence-corrected chi connectivity index (χ2v) is 6.96. The van der Waals surface area contributed by atoms with Crippen LogP contribution in [0, 0.1) is 18.3 Å². The number of nitrogens with zero attached hydrogens (tertiary/aromatic N) is 1. The highest BCUT2D eigenvalue weighted by Gasteiger charge is 2.16. The third-order valence-corrected chi connectivity index (χ3v) is 4.94. The molecule has 0 radical (unpaired) electrons. The molecule has 3 aromatic rings. The van der Waals surface area contributed by atoms with E-state index in [1.165, 1.54) is 10.4 Å². The van der Waals surface area contributed by atoms with Crippen LogP contribution in [0.15, 0.2) is 66.0 Å². The van der Waals surface area contributed by atoms with Gasteiger partial charge < -0.3 is 5.32 Å². The molecule has 0 fully saturated rings. The Balaban J connectivity index is 1.66. The van der Waals surface area contributed by atoms with Crippen LogP contribution in [0.3, 0.4) is 0 Å². The van der Waals surface area contributed by atoms with Gasteiger partial charge in [0.05, 0.1) is 24.2 Å². The molecule has 2 N–H and O–H groups in total. The summed E-state index contributed by atoms with van der Waals surface area (Å²) >= 11 is 1.66. The lowest BCUT2D eigenvalue weighted by molar-refractivity contribution is -0.115. The second kappa shape index (κ2) is 8.43. The largest absolute Gasteiger partial charge is 0.325 e. The molecule has 130 valence electrons. The van der Waals surface area contributed by atoms with Crippen LogP contribution in [0.5, 0.6) is 0 Å². The molecule has 0 saturated carbocycles. The quantitative estimate of drug-likeness (QED) is 0.690. The first-order valence-corrected chi connectivity index (χ1v) is 9.17. The fraction of sp³-hybridized carbons (Fsp3) is 0.143. The Morgan fingerprint density at radius 1 is 1.12 bits per heavy atom. The fourth-order valence-electron chi connectivity index (χ4n) is 2.63. The fourth-order valence-corrected chi connectivity index (χ4v) is 3.45. The molecule has 0 aliphatic heterocycles. The average molecular weight is 361 g/mol. The first-order valence-electron chi connectivity index (χ1n) is 8.29. The van der Waals surface area contributed by atoms with Crippen molar-refractivity contribution < 1.29 is 4.79 Å². The third-order valence-electron chi connectivity index (χ3n) is 4.00. The Morgan fingerprint density at radius 2 is 1.85 bits per heavy atom. The van der Waals surface area contributed by atoms with Crippen LogP contribution in [-0.4, -0.2) is 12.5 Å². The molecular formula is C21H19N3OS. The molecule has 3 rings (SSSR count). The predicted molar refractivity (Wildman–Crippen MR) is 105 cm³/mol. The zero-order valence-electron chi connectivity index (χ0n) is 14.4. The summed E-state index contributed by atoms with van der Waals surface area (Å²) in [6, 6.07) is 21.3. The number of aryl methyl sites for hydroxylation is 1. The number of carbonyl (C=O) groups excluding carboxylic acids is 1. The number of rotatable bonds is 6. The minimum Gasteiger partial charge on any atom is -0.325 e. The molecule has 0 aliphatic carbocycles. The van der Waals surface area contributed by atoms with Gasteiger partial charge in [0, 0.05) is 10.6 Å². The Labute approximate surface area is 157 Å². The monoisotopic (exact) mass is 361 g/mol. The maximum Gasteiger partial charge on any atom is 0.238 e. The molecule has 0 aliphatic rings. The Hall–Kier alpha value is -2.94.